The van der Waals surface area contributed by atoms with Gasteiger partial charge >= 0.3 is 0 Å². The Balaban J connectivity index is 1.62. The van der Waals surface area contributed by atoms with Gasteiger partial charge in [0.1, 0.15) is 0 Å². The lowest BCUT2D eigenvalue weighted by atomic mass is 10.0. The molecule has 0 radical (unpaired) electrons. The fraction of sp³-hybridized carbons (Fsp3) is 0.0909. The van der Waals surface area contributed by atoms with Gasteiger partial charge in [0.25, 0.3) is 0 Å². The molecule has 2 amide bonds. The second-order valence-corrected chi connectivity index (χ2v) is 6.69. The van der Waals surface area contributed by atoms with E-state index in [9.17, 15) is 9.59 Å². The van der Waals surface area contributed by atoms with Crippen LogP contribution in [0.5, 0.6) is 0 Å². The van der Waals surface area contributed by atoms with Gasteiger partial charge < -0.3 is 16.4 Å². The largest absolute Gasteiger partial charge is 0.376 e. The smallest absolute Gasteiger partial charge is 0.250 e. The van der Waals surface area contributed by atoms with E-state index in [1.807, 2.05) is 42.5 Å². The van der Waals surface area contributed by atoms with Gasteiger partial charge in [-0.3, -0.25) is 9.59 Å². The summed E-state index contributed by atoms with van der Waals surface area (Å²) in [5, 5.41) is 6.17. The summed E-state index contributed by atoms with van der Waals surface area (Å²) < 4.78 is 0. The summed E-state index contributed by atoms with van der Waals surface area (Å²) in [4.78, 5) is 23.6. The number of hydrogen-bond donors (Lipinski definition) is 3. The van der Waals surface area contributed by atoms with Crippen LogP contribution in [0.3, 0.4) is 0 Å². The molecule has 28 heavy (non-hydrogen) atoms. The van der Waals surface area contributed by atoms with Crippen LogP contribution >= 0.6 is 11.6 Å². The van der Waals surface area contributed by atoms with Crippen LogP contribution in [-0.2, 0) is 11.2 Å². The third kappa shape index (κ3) is 5.11. The number of carbonyl (C=O) groups is 2. The Kier molecular flexibility index (Phi) is 6.29. The Hall–Kier alpha value is -3.31. The molecule has 0 aliphatic carbocycles. The first-order valence-corrected chi connectivity index (χ1v) is 9.15. The van der Waals surface area contributed by atoms with Gasteiger partial charge in [-0.15, -0.1) is 0 Å². The fourth-order valence-electron chi connectivity index (χ4n) is 2.81. The first kappa shape index (κ1) is 19.5. The van der Waals surface area contributed by atoms with E-state index >= 15 is 0 Å². The normalized spacial score (nSPS) is 10.3. The minimum absolute atomic E-state index is 0.0614. The number of anilines is 2. The summed E-state index contributed by atoms with van der Waals surface area (Å²) in [6, 6.07) is 22.6. The van der Waals surface area contributed by atoms with Gasteiger partial charge in [0.15, 0.2) is 0 Å². The average molecular weight is 394 g/mol. The van der Waals surface area contributed by atoms with Crippen molar-refractivity contribution in [3.8, 4) is 0 Å². The lowest BCUT2D eigenvalue weighted by Crippen LogP contribution is -2.22. The van der Waals surface area contributed by atoms with Gasteiger partial charge in [-0.05, 0) is 41.8 Å². The highest BCUT2D eigenvalue weighted by Crippen LogP contribution is 2.21. The number of rotatable bonds is 7. The van der Waals surface area contributed by atoms with Crippen molar-refractivity contribution in [3.05, 3.63) is 94.5 Å². The Morgan fingerprint density at radius 1 is 0.929 bits per heavy atom. The van der Waals surface area contributed by atoms with Crippen LogP contribution in [0, 0.1) is 0 Å². The van der Waals surface area contributed by atoms with Crippen molar-refractivity contribution < 1.29 is 9.59 Å². The first-order valence-electron chi connectivity index (χ1n) is 8.78. The average Bonchev–Trinajstić information content (AvgIpc) is 2.68. The highest BCUT2D eigenvalue weighted by Gasteiger charge is 2.09. The van der Waals surface area contributed by atoms with Crippen LogP contribution in [0.15, 0.2) is 72.8 Å². The van der Waals surface area contributed by atoms with Gasteiger partial charge in [-0.25, -0.2) is 0 Å². The van der Waals surface area contributed by atoms with Crippen molar-refractivity contribution in [1.82, 2.24) is 0 Å². The molecule has 0 aromatic heterocycles. The van der Waals surface area contributed by atoms with Gasteiger partial charge in [-0.1, -0.05) is 60.1 Å². The topological polar surface area (TPSA) is 84.2 Å². The van der Waals surface area contributed by atoms with E-state index in [0.717, 1.165) is 17.7 Å². The first-order chi connectivity index (χ1) is 13.5. The summed E-state index contributed by atoms with van der Waals surface area (Å²) >= 11 is 6.03. The van der Waals surface area contributed by atoms with Gasteiger partial charge in [-0.2, -0.15) is 0 Å². The number of primary amides is 1. The zero-order chi connectivity index (χ0) is 19.9. The van der Waals surface area contributed by atoms with Gasteiger partial charge in [0, 0.05) is 11.4 Å². The number of para-hydroxylation sites is 1. The van der Waals surface area contributed by atoms with E-state index in [2.05, 4.69) is 22.8 Å². The number of carbonyl (C=O) groups excluding carboxylic acids is 2. The molecule has 0 spiro atoms. The number of hydrogen-bond acceptors (Lipinski definition) is 3. The Morgan fingerprint density at radius 2 is 1.64 bits per heavy atom. The molecule has 0 saturated carbocycles. The number of halogens is 1. The number of amides is 2. The highest BCUT2D eigenvalue weighted by atomic mass is 35.5. The fourth-order valence-corrected chi connectivity index (χ4v) is 3.09. The lowest BCUT2D eigenvalue weighted by molar-refractivity contribution is -0.114. The maximum atomic E-state index is 12.4. The molecular weight excluding hydrogens is 374 g/mol. The Bertz CT molecular complexity index is 990. The van der Waals surface area contributed by atoms with E-state index in [0.29, 0.717) is 5.69 Å². The monoisotopic (exact) mass is 393 g/mol. The molecule has 0 aliphatic heterocycles. The third-order valence-corrected chi connectivity index (χ3v) is 4.53. The molecule has 0 heterocycles. The van der Waals surface area contributed by atoms with Crippen LogP contribution in [0.2, 0.25) is 5.02 Å². The molecule has 3 aromatic rings. The van der Waals surface area contributed by atoms with Crippen LogP contribution < -0.4 is 16.4 Å². The SMILES string of the molecule is NC(=O)c1ccc(NCC(=O)Nc2ccccc2Cc2ccccc2)cc1Cl. The van der Waals surface area contributed by atoms with Crippen molar-refractivity contribution in [3.63, 3.8) is 0 Å². The van der Waals surface area contributed by atoms with Gasteiger partial charge in [0.2, 0.25) is 11.8 Å². The second-order valence-electron chi connectivity index (χ2n) is 6.28. The maximum absolute atomic E-state index is 12.4. The predicted molar refractivity (Wildman–Crippen MR) is 113 cm³/mol. The minimum Gasteiger partial charge on any atom is -0.376 e. The Morgan fingerprint density at radius 3 is 2.36 bits per heavy atom. The molecule has 0 aliphatic rings. The van der Waals surface area contributed by atoms with Crippen LogP contribution in [0.1, 0.15) is 21.5 Å². The van der Waals surface area contributed by atoms with Crippen LogP contribution in [0.4, 0.5) is 11.4 Å². The van der Waals surface area contributed by atoms with E-state index in [-0.39, 0.29) is 23.0 Å². The molecule has 4 N–H and O–H groups in total. The molecular formula is C22H20ClN3O2. The molecule has 0 saturated heterocycles. The predicted octanol–water partition coefficient (Wildman–Crippen LogP) is 4.08. The zero-order valence-electron chi connectivity index (χ0n) is 15.1. The molecule has 142 valence electrons. The van der Waals surface area contributed by atoms with E-state index in [4.69, 9.17) is 17.3 Å². The minimum atomic E-state index is -0.593. The Labute approximate surface area is 168 Å². The molecule has 3 rings (SSSR count). The second kappa shape index (κ2) is 9.06. The van der Waals surface area contributed by atoms with E-state index < -0.39 is 5.91 Å². The van der Waals surface area contributed by atoms with E-state index in [1.165, 1.54) is 11.6 Å². The lowest BCUT2D eigenvalue weighted by Gasteiger charge is -2.12. The van der Waals surface area contributed by atoms with Crippen molar-refractivity contribution in [1.29, 1.82) is 0 Å². The van der Waals surface area contributed by atoms with Crippen molar-refractivity contribution in [2.75, 3.05) is 17.2 Å². The zero-order valence-corrected chi connectivity index (χ0v) is 15.9. The summed E-state index contributed by atoms with van der Waals surface area (Å²) in [6.45, 7) is 0.0614. The molecule has 3 aromatic carbocycles. The summed E-state index contributed by atoms with van der Waals surface area (Å²) in [5.41, 5.74) is 9.09. The maximum Gasteiger partial charge on any atom is 0.250 e. The molecule has 0 fully saturated rings. The summed E-state index contributed by atoms with van der Waals surface area (Å²) in [6.07, 6.45) is 0.731. The van der Waals surface area contributed by atoms with Crippen molar-refractivity contribution in [2.45, 2.75) is 6.42 Å². The van der Waals surface area contributed by atoms with Crippen molar-refractivity contribution >= 4 is 34.8 Å². The van der Waals surface area contributed by atoms with Gasteiger partial charge in [0.05, 0.1) is 17.1 Å². The number of nitrogens with two attached hydrogens (primary N) is 1. The number of benzene rings is 3. The molecule has 0 atom stereocenters. The molecule has 0 bridgehead atoms. The third-order valence-electron chi connectivity index (χ3n) is 4.22. The van der Waals surface area contributed by atoms with E-state index in [1.54, 1.807) is 12.1 Å². The molecule has 6 heteroatoms. The summed E-state index contributed by atoms with van der Waals surface area (Å²) in [7, 11) is 0. The number of nitrogens with one attached hydrogen (secondary N) is 2. The summed E-state index contributed by atoms with van der Waals surface area (Å²) in [5.74, 6) is -0.778. The van der Waals surface area contributed by atoms with Crippen LogP contribution in [0.25, 0.3) is 0 Å². The molecule has 5 nitrogen and oxygen atoms in total. The van der Waals surface area contributed by atoms with Crippen molar-refractivity contribution in [2.24, 2.45) is 5.73 Å². The standard InChI is InChI=1S/C22H20ClN3O2/c23-19-13-17(10-11-18(19)22(24)28)25-14-21(27)26-20-9-5-4-8-16(20)12-15-6-2-1-3-7-15/h1-11,13,25H,12,14H2,(H2,24,28)(H,26,27). The molecule has 0 unspecified atom stereocenters. The highest BCUT2D eigenvalue weighted by molar-refractivity contribution is 6.34. The van der Waals surface area contributed by atoms with Crippen LogP contribution in [-0.4, -0.2) is 18.4 Å². The quantitative estimate of drug-likeness (QED) is 0.565.